The third-order valence-electron chi connectivity index (χ3n) is 6.79. The van der Waals surface area contributed by atoms with Crippen LogP contribution in [0.4, 0.5) is 10.3 Å². The van der Waals surface area contributed by atoms with Crippen LogP contribution < -0.4 is 10.1 Å². The second kappa shape index (κ2) is 8.80. The monoisotopic (exact) mass is 466 g/mol. The van der Waals surface area contributed by atoms with Gasteiger partial charge in [0, 0.05) is 30.9 Å². The molecule has 0 bridgehead atoms. The van der Waals surface area contributed by atoms with E-state index in [1.54, 1.807) is 16.3 Å². The minimum atomic E-state index is -0.497. The van der Waals surface area contributed by atoms with E-state index in [-0.39, 0.29) is 6.54 Å². The van der Waals surface area contributed by atoms with Crippen LogP contribution in [-0.4, -0.2) is 86.7 Å². The Hall–Kier alpha value is -3.31. The summed E-state index contributed by atoms with van der Waals surface area (Å²) in [5.41, 5.74) is 4.15. The van der Waals surface area contributed by atoms with Gasteiger partial charge < -0.3 is 14.8 Å². The van der Waals surface area contributed by atoms with Gasteiger partial charge in [-0.1, -0.05) is 11.3 Å². The fourth-order valence-electron chi connectivity index (χ4n) is 4.83. The highest BCUT2D eigenvalue weighted by Gasteiger charge is 2.30. The zero-order valence-corrected chi connectivity index (χ0v) is 19.0. The van der Waals surface area contributed by atoms with Crippen LogP contribution in [0.2, 0.25) is 0 Å². The highest BCUT2D eigenvalue weighted by Crippen LogP contribution is 2.33. The Bertz CT molecular complexity index is 1310. The van der Waals surface area contributed by atoms with Crippen LogP contribution in [0.15, 0.2) is 30.5 Å². The Kier molecular flexibility index (Phi) is 5.50. The van der Waals surface area contributed by atoms with E-state index in [0.29, 0.717) is 23.9 Å². The number of ether oxygens (including phenoxy) is 2. The molecule has 10 nitrogen and oxygen atoms in total. The van der Waals surface area contributed by atoms with E-state index in [1.165, 1.54) is 0 Å². The first kappa shape index (κ1) is 21.2. The Balaban J connectivity index is 1.27. The van der Waals surface area contributed by atoms with Gasteiger partial charge >= 0.3 is 0 Å². The topological polar surface area (TPSA) is 94.6 Å². The van der Waals surface area contributed by atoms with Crippen molar-refractivity contribution < 1.29 is 13.9 Å². The van der Waals surface area contributed by atoms with Crippen LogP contribution in [0.25, 0.3) is 27.7 Å². The van der Waals surface area contributed by atoms with Crippen LogP contribution >= 0.6 is 0 Å². The third-order valence-corrected chi connectivity index (χ3v) is 6.79. The molecule has 2 fully saturated rings. The summed E-state index contributed by atoms with van der Waals surface area (Å²) in [7, 11) is 1.62. The van der Waals surface area contributed by atoms with E-state index in [1.807, 2.05) is 30.5 Å². The number of rotatable bonds is 7. The normalized spacial score (nSPS) is 17.9. The van der Waals surface area contributed by atoms with Gasteiger partial charge in [-0.15, -0.1) is 10.2 Å². The number of aromatic nitrogens is 6. The number of anilines is 1. The molecule has 0 aliphatic carbocycles. The first-order valence-electron chi connectivity index (χ1n) is 11.6. The molecular weight excluding hydrogens is 439 g/mol. The van der Waals surface area contributed by atoms with Crippen molar-refractivity contribution in [1.29, 1.82) is 0 Å². The lowest BCUT2D eigenvalue weighted by Gasteiger charge is -2.41. The van der Waals surface area contributed by atoms with Crippen molar-refractivity contribution >= 4 is 22.5 Å². The molecule has 2 saturated heterocycles. The Morgan fingerprint density at radius 1 is 1.21 bits per heavy atom. The molecule has 0 atom stereocenters. The number of piperidine rings is 1. The predicted octanol–water partition coefficient (Wildman–Crippen LogP) is 2.39. The summed E-state index contributed by atoms with van der Waals surface area (Å²) in [6, 6.07) is 8.71. The summed E-state index contributed by atoms with van der Waals surface area (Å²) in [6.45, 7) is 3.48. The lowest BCUT2D eigenvalue weighted by atomic mass is 10.0. The number of alkyl halides is 1. The highest BCUT2D eigenvalue weighted by molar-refractivity contribution is 5.89. The average molecular weight is 467 g/mol. The second-order valence-electron chi connectivity index (χ2n) is 8.82. The largest absolute Gasteiger partial charge is 0.479 e. The maximum Gasteiger partial charge on any atom is 0.244 e. The number of likely N-dealkylation sites (tertiary alicyclic amines) is 1. The number of halogens is 1. The minimum Gasteiger partial charge on any atom is -0.479 e. The van der Waals surface area contributed by atoms with E-state index >= 15 is 0 Å². The van der Waals surface area contributed by atoms with E-state index in [4.69, 9.17) is 14.6 Å². The molecule has 178 valence electrons. The van der Waals surface area contributed by atoms with Crippen molar-refractivity contribution in [2.24, 2.45) is 0 Å². The molecular formula is C23H27FN8O2. The van der Waals surface area contributed by atoms with Crippen LogP contribution in [-0.2, 0) is 11.3 Å². The number of nitrogens with zero attached hydrogens (tertiary/aromatic N) is 7. The SMILES string of the molecule is COc1nc(NC2CCN(C3COC3)CC2)nn2ccc(-c3ccc4nnn(CCF)c4c3)c12. The fraction of sp³-hybridized carbons (Fsp3) is 0.478. The molecule has 1 N–H and O–H groups in total. The number of hydrogen-bond donors (Lipinski definition) is 1. The van der Waals surface area contributed by atoms with Gasteiger partial charge in [0.05, 0.1) is 38.4 Å². The fourth-order valence-corrected chi connectivity index (χ4v) is 4.83. The van der Waals surface area contributed by atoms with Crippen molar-refractivity contribution in [2.45, 2.75) is 31.5 Å². The molecule has 4 aromatic rings. The molecule has 0 radical (unpaired) electrons. The average Bonchev–Trinajstić information content (AvgIpc) is 3.43. The van der Waals surface area contributed by atoms with Gasteiger partial charge in [0.15, 0.2) is 0 Å². The van der Waals surface area contributed by atoms with Gasteiger partial charge in [0.1, 0.15) is 17.7 Å². The number of hydrogen-bond acceptors (Lipinski definition) is 8. The van der Waals surface area contributed by atoms with Crippen molar-refractivity contribution in [3.05, 3.63) is 30.5 Å². The van der Waals surface area contributed by atoms with Crippen molar-refractivity contribution in [3.8, 4) is 17.0 Å². The first-order chi connectivity index (χ1) is 16.7. The lowest BCUT2D eigenvalue weighted by Crippen LogP contribution is -2.53. The van der Waals surface area contributed by atoms with Gasteiger partial charge in [-0.2, -0.15) is 4.98 Å². The van der Waals surface area contributed by atoms with Crippen molar-refractivity contribution in [1.82, 2.24) is 34.5 Å². The van der Waals surface area contributed by atoms with Gasteiger partial charge in [-0.05, 0) is 36.6 Å². The number of aryl methyl sites for hydroxylation is 1. The van der Waals surface area contributed by atoms with Crippen LogP contribution in [0.3, 0.4) is 0 Å². The zero-order chi connectivity index (χ0) is 23.1. The highest BCUT2D eigenvalue weighted by atomic mass is 19.1. The number of fused-ring (bicyclic) bond motifs is 2. The summed E-state index contributed by atoms with van der Waals surface area (Å²) >= 11 is 0. The van der Waals surface area contributed by atoms with Crippen molar-refractivity contribution in [2.75, 3.05) is 45.4 Å². The van der Waals surface area contributed by atoms with E-state index in [0.717, 1.165) is 66.8 Å². The zero-order valence-electron chi connectivity index (χ0n) is 19.0. The summed E-state index contributed by atoms with van der Waals surface area (Å²) < 4.78 is 27.3. The Morgan fingerprint density at radius 3 is 2.79 bits per heavy atom. The van der Waals surface area contributed by atoms with E-state index in [2.05, 4.69) is 25.5 Å². The van der Waals surface area contributed by atoms with Crippen LogP contribution in [0.1, 0.15) is 12.8 Å². The summed E-state index contributed by atoms with van der Waals surface area (Å²) in [6.07, 6.45) is 3.98. The van der Waals surface area contributed by atoms with E-state index in [9.17, 15) is 4.39 Å². The third kappa shape index (κ3) is 3.74. The predicted molar refractivity (Wildman–Crippen MR) is 125 cm³/mol. The number of nitrogens with one attached hydrogen (secondary N) is 1. The quantitative estimate of drug-likeness (QED) is 0.444. The molecule has 0 saturated carbocycles. The van der Waals surface area contributed by atoms with Crippen LogP contribution in [0, 0.1) is 0 Å². The first-order valence-corrected chi connectivity index (χ1v) is 11.6. The maximum atomic E-state index is 12.9. The number of methoxy groups -OCH3 is 1. The van der Waals surface area contributed by atoms with Crippen LogP contribution in [0.5, 0.6) is 5.88 Å². The molecule has 34 heavy (non-hydrogen) atoms. The molecule has 6 rings (SSSR count). The van der Waals surface area contributed by atoms with Gasteiger partial charge in [-0.3, -0.25) is 4.90 Å². The Labute approximate surface area is 195 Å². The van der Waals surface area contributed by atoms with Gasteiger partial charge in [0.2, 0.25) is 11.8 Å². The van der Waals surface area contributed by atoms with Gasteiger partial charge in [0.25, 0.3) is 0 Å². The minimum absolute atomic E-state index is 0.172. The molecule has 11 heteroatoms. The lowest BCUT2D eigenvalue weighted by molar-refractivity contribution is -0.0705. The van der Waals surface area contributed by atoms with E-state index < -0.39 is 6.67 Å². The summed E-state index contributed by atoms with van der Waals surface area (Å²) in [5.74, 6) is 1.05. The molecule has 0 amide bonds. The maximum absolute atomic E-state index is 12.9. The molecule has 2 aliphatic heterocycles. The number of benzene rings is 1. The molecule has 1 aromatic carbocycles. The molecule has 5 heterocycles. The molecule has 0 spiro atoms. The molecule has 0 unspecified atom stereocenters. The molecule has 3 aromatic heterocycles. The summed E-state index contributed by atoms with van der Waals surface area (Å²) in [4.78, 5) is 7.18. The molecule has 2 aliphatic rings. The van der Waals surface area contributed by atoms with Gasteiger partial charge in [-0.25, -0.2) is 13.6 Å². The second-order valence-corrected chi connectivity index (χ2v) is 8.82. The Morgan fingerprint density at radius 2 is 2.06 bits per heavy atom. The summed E-state index contributed by atoms with van der Waals surface area (Å²) in [5, 5.41) is 16.4. The smallest absolute Gasteiger partial charge is 0.244 e. The van der Waals surface area contributed by atoms with Crippen molar-refractivity contribution in [3.63, 3.8) is 0 Å². The standard InChI is InChI=1S/C23H27FN8O2/c1-33-22-21-18(15-2-3-19-20(12-15)31(11-7-24)29-27-19)6-10-32(21)28-23(26-22)25-16-4-8-30(9-5-16)17-13-34-14-17/h2-3,6,10,12,16-17H,4-5,7-9,11,13-14H2,1H3,(H,25,28).